The van der Waals surface area contributed by atoms with E-state index in [4.69, 9.17) is 30.4 Å². The Kier molecular flexibility index (Phi) is 7.91. The molecule has 1 aliphatic carbocycles. The van der Waals surface area contributed by atoms with Gasteiger partial charge in [0, 0.05) is 17.7 Å². The van der Waals surface area contributed by atoms with Crippen LogP contribution in [0, 0.1) is 0 Å². The number of ether oxygens (including phenoxy) is 4. The lowest BCUT2D eigenvalue weighted by atomic mass is 9.82. The number of carbonyl (C=O) groups is 2. The average Bonchev–Trinajstić information content (AvgIpc) is 2.98. The first-order valence-corrected chi connectivity index (χ1v) is 13.8. The van der Waals surface area contributed by atoms with Crippen LogP contribution in [0.1, 0.15) is 65.1 Å². The smallest absolute Gasteiger partial charge is 0.196 e. The molecule has 8 nitrogen and oxygen atoms in total. The summed E-state index contributed by atoms with van der Waals surface area (Å²) in [7, 11) is 0. The van der Waals surface area contributed by atoms with Gasteiger partial charge in [0.25, 0.3) is 0 Å². The van der Waals surface area contributed by atoms with Gasteiger partial charge in [-0.1, -0.05) is 57.2 Å². The van der Waals surface area contributed by atoms with Crippen LogP contribution >= 0.6 is 0 Å². The van der Waals surface area contributed by atoms with E-state index in [1.807, 2.05) is 31.2 Å². The van der Waals surface area contributed by atoms with E-state index in [2.05, 4.69) is 20.8 Å². The zero-order chi connectivity index (χ0) is 30.0. The van der Waals surface area contributed by atoms with E-state index in [-0.39, 0.29) is 50.5 Å². The van der Waals surface area contributed by atoms with Gasteiger partial charge in [-0.05, 0) is 54.3 Å². The highest BCUT2D eigenvalue weighted by molar-refractivity contribution is 6.32. The van der Waals surface area contributed by atoms with E-state index in [1.165, 1.54) is 0 Å². The molecule has 5 rings (SSSR count). The molecule has 0 unspecified atom stereocenters. The number of ketones is 2. The molecule has 216 valence electrons. The van der Waals surface area contributed by atoms with Crippen LogP contribution in [0.25, 0.3) is 0 Å². The summed E-state index contributed by atoms with van der Waals surface area (Å²) in [5.41, 5.74) is 14.8. The second-order valence-corrected chi connectivity index (χ2v) is 10.9. The lowest BCUT2D eigenvalue weighted by Gasteiger charge is -2.25. The van der Waals surface area contributed by atoms with E-state index < -0.39 is 11.6 Å². The van der Waals surface area contributed by atoms with Crippen molar-refractivity contribution in [2.75, 3.05) is 31.3 Å². The second-order valence-electron chi connectivity index (χ2n) is 10.9. The Labute approximate surface area is 245 Å². The van der Waals surface area contributed by atoms with Gasteiger partial charge in [0.05, 0.1) is 29.1 Å². The van der Waals surface area contributed by atoms with Crippen molar-refractivity contribution in [1.29, 1.82) is 0 Å². The molecule has 0 heterocycles. The normalized spacial score (nSPS) is 12.5. The monoisotopic (exact) mass is 566 g/mol. The molecule has 1 aliphatic rings. The molecule has 0 spiro atoms. The first kappa shape index (κ1) is 28.7. The number of rotatable bonds is 9. The number of benzene rings is 4. The van der Waals surface area contributed by atoms with E-state index in [0.29, 0.717) is 37.1 Å². The molecule has 0 aromatic heterocycles. The number of nitrogens with two attached hydrogens (primary N) is 2. The third-order valence-corrected chi connectivity index (χ3v) is 7.04. The second kappa shape index (κ2) is 11.6. The van der Waals surface area contributed by atoms with E-state index in [1.54, 1.807) is 48.5 Å². The number of hydrogen-bond donors (Lipinski definition) is 2. The van der Waals surface area contributed by atoms with Gasteiger partial charge in [0.2, 0.25) is 0 Å². The fourth-order valence-corrected chi connectivity index (χ4v) is 4.79. The van der Waals surface area contributed by atoms with Crippen molar-refractivity contribution in [1.82, 2.24) is 0 Å². The molecule has 0 aliphatic heterocycles. The van der Waals surface area contributed by atoms with Crippen molar-refractivity contribution in [2.45, 2.75) is 33.1 Å². The van der Waals surface area contributed by atoms with Crippen LogP contribution in [0.3, 0.4) is 0 Å². The molecular formula is C34H34N2O6. The quantitative estimate of drug-likeness (QED) is 0.146. The van der Waals surface area contributed by atoms with Gasteiger partial charge in [-0.25, -0.2) is 0 Å². The summed E-state index contributed by atoms with van der Waals surface area (Å²) in [4.78, 5) is 27.2. The fourth-order valence-electron chi connectivity index (χ4n) is 4.79. The van der Waals surface area contributed by atoms with E-state index in [9.17, 15) is 9.59 Å². The van der Waals surface area contributed by atoms with Crippen molar-refractivity contribution in [2.24, 2.45) is 0 Å². The summed E-state index contributed by atoms with van der Waals surface area (Å²) in [6, 6.07) is 21.0. The topological polar surface area (TPSA) is 123 Å². The molecule has 0 bridgehead atoms. The first-order valence-electron chi connectivity index (χ1n) is 13.8. The average molecular weight is 567 g/mol. The Morgan fingerprint density at radius 2 is 1.10 bits per heavy atom. The van der Waals surface area contributed by atoms with Gasteiger partial charge < -0.3 is 30.4 Å². The van der Waals surface area contributed by atoms with Gasteiger partial charge >= 0.3 is 0 Å². The molecule has 0 fully saturated rings. The minimum Gasteiger partial charge on any atom is -0.491 e. The Balaban J connectivity index is 1.57. The Bertz CT molecular complexity index is 1640. The molecule has 0 amide bonds. The Hall–Kier alpha value is -4.82. The summed E-state index contributed by atoms with van der Waals surface area (Å²) in [6.45, 7) is 9.78. The van der Waals surface area contributed by atoms with Crippen molar-refractivity contribution in [3.8, 4) is 28.7 Å². The van der Waals surface area contributed by atoms with Gasteiger partial charge in [0.15, 0.2) is 23.1 Å². The predicted molar refractivity (Wildman–Crippen MR) is 162 cm³/mol. The maximum absolute atomic E-state index is 13.6. The number of anilines is 2. The molecular weight excluding hydrogens is 532 g/mol. The SMILES string of the molecule is CCOCCOc1ccc(Oc2c(N)c3c(c(N)c2Oc2ccc(C(C)(C)C)cc2)C(=O)c2ccccc2C3=O)cc1. The molecule has 0 saturated heterocycles. The minimum absolute atomic E-state index is 0.00231. The Morgan fingerprint density at radius 3 is 1.55 bits per heavy atom. The number of nitrogen functional groups attached to an aromatic ring is 2. The van der Waals surface area contributed by atoms with Crippen molar-refractivity contribution < 1.29 is 28.5 Å². The van der Waals surface area contributed by atoms with Gasteiger partial charge in [-0.15, -0.1) is 0 Å². The molecule has 0 atom stereocenters. The van der Waals surface area contributed by atoms with Gasteiger partial charge in [-0.3, -0.25) is 9.59 Å². The highest BCUT2D eigenvalue weighted by atomic mass is 16.5. The number of hydrogen-bond acceptors (Lipinski definition) is 8. The van der Waals surface area contributed by atoms with Crippen LogP contribution in [0.15, 0.2) is 72.8 Å². The Morgan fingerprint density at radius 1 is 0.643 bits per heavy atom. The molecule has 4 aromatic carbocycles. The van der Waals surface area contributed by atoms with E-state index >= 15 is 0 Å². The fraction of sp³-hybridized carbons (Fsp3) is 0.235. The largest absolute Gasteiger partial charge is 0.491 e. The molecule has 0 radical (unpaired) electrons. The van der Waals surface area contributed by atoms with Crippen molar-refractivity contribution in [3.05, 3.63) is 101 Å². The summed E-state index contributed by atoms with van der Waals surface area (Å²) < 4.78 is 23.5. The number of fused-ring (bicyclic) bond motifs is 2. The summed E-state index contributed by atoms with van der Waals surface area (Å²) in [5.74, 6) is 0.774. The maximum atomic E-state index is 13.6. The van der Waals surface area contributed by atoms with Gasteiger partial charge in [-0.2, -0.15) is 0 Å². The van der Waals surface area contributed by atoms with Crippen LogP contribution in [-0.4, -0.2) is 31.4 Å². The third-order valence-electron chi connectivity index (χ3n) is 7.04. The van der Waals surface area contributed by atoms with E-state index in [0.717, 1.165) is 5.56 Å². The molecule has 0 saturated carbocycles. The van der Waals surface area contributed by atoms with Gasteiger partial charge in [0.1, 0.15) is 23.9 Å². The van der Waals surface area contributed by atoms with Crippen LogP contribution in [0.5, 0.6) is 28.7 Å². The molecule has 8 heteroatoms. The molecule has 4 aromatic rings. The summed E-state index contributed by atoms with van der Waals surface area (Å²) >= 11 is 0. The van der Waals surface area contributed by atoms with Crippen LogP contribution in [0.4, 0.5) is 11.4 Å². The van der Waals surface area contributed by atoms with Crippen LogP contribution in [0.2, 0.25) is 0 Å². The number of carbonyl (C=O) groups excluding carboxylic acids is 2. The minimum atomic E-state index is -0.409. The maximum Gasteiger partial charge on any atom is 0.196 e. The van der Waals surface area contributed by atoms with Crippen LogP contribution < -0.4 is 25.7 Å². The van der Waals surface area contributed by atoms with Crippen molar-refractivity contribution in [3.63, 3.8) is 0 Å². The lowest BCUT2D eigenvalue weighted by molar-refractivity contribution is 0.0980. The lowest BCUT2D eigenvalue weighted by Crippen LogP contribution is -2.24. The summed E-state index contributed by atoms with van der Waals surface area (Å²) in [6.07, 6.45) is 0. The highest BCUT2D eigenvalue weighted by Crippen LogP contribution is 2.50. The highest BCUT2D eigenvalue weighted by Gasteiger charge is 2.37. The molecule has 42 heavy (non-hydrogen) atoms. The zero-order valence-electron chi connectivity index (χ0n) is 24.2. The first-order chi connectivity index (χ1) is 20.1. The predicted octanol–water partition coefficient (Wildman–Crippen LogP) is 6.92. The third kappa shape index (κ3) is 5.53. The van der Waals surface area contributed by atoms with Crippen molar-refractivity contribution >= 4 is 22.9 Å². The summed E-state index contributed by atoms with van der Waals surface area (Å²) in [5, 5.41) is 0. The zero-order valence-corrected chi connectivity index (χ0v) is 24.2. The standard InChI is InChI=1S/C34H34N2O6/c1-5-39-18-19-40-21-14-16-23(17-15-21)42-33-29(36)27-26(30(37)24-8-6-7-9-25(24)31(27)38)28(35)32(33)41-22-12-10-20(11-13-22)34(2,3)4/h6-17H,5,18-19,35-36H2,1-4H3. The van der Waals surface area contributed by atoms with Crippen LogP contribution in [-0.2, 0) is 10.2 Å². The molecule has 4 N–H and O–H groups in total.